The van der Waals surface area contributed by atoms with Gasteiger partial charge in [-0.25, -0.2) is 0 Å². The van der Waals surface area contributed by atoms with Gasteiger partial charge in [-0.15, -0.1) is 6.58 Å². The third-order valence-corrected chi connectivity index (χ3v) is 1.92. The Morgan fingerprint density at radius 1 is 1.64 bits per heavy atom. The molecule has 76 valence electrons. The summed E-state index contributed by atoms with van der Waals surface area (Å²) in [6, 6.07) is 4.83. The first-order valence-electron chi connectivity index (χ1n) is 4.53. The maximum Gasteiger partial charge on any atom is 0.161 e. The maximum absolute atomic E-state index is 9.43. The highest BCUT2D eigenvalue weighted by Crippen LogP contribution is 2.28. The molecule has 14 heavy (non-hydrogen) atoms. The van der Waals surface area contributed by atoms with Crippen molar-refractivity contribution in [2.75, 3.05) is 6.61 Å². The molecule has 0 aliphatic heterocycles. The van der Waals surface area contributed by atoms with Gasteiger partial charge in [0.25, 0.3) is 0 Å². The van der Waals surface area contributed by atoms with E-state index < -0.39 is 0 Å². The van der Waals surface area contributed by atoms with Crippen molar-refractivity contribution >= 4 is 0 Å². The third kappa shape index (κ3) is 2.26. The van der Waals surface area contributed by atoms with Gasteiger partial charge in [0.05, 0.1) is 6.61 Å². The zero-order chi connectivity index (χ0) is 10.6. The highest BCUT2D eigenvalue weighted by molar-refractivity contribution is 5.43. The number of rotatable bonds is 4. The fraction of sp³-hybridized carbons (Fsp3) is 0.273. The van der Waals surface area contributed by atoms with Gasteiger partial charge in [-0.2, -0.15) is 0 Å². The van der Waals surface area contributed by atoms with Gasteiger partial charge in [0.2, 0.25) is 0 Å². The Hall–Kier alpha value is -1.48. The molecule has 3 nitrogen and oxygen atoms in total. The number of phenols is 1. The van der Waals surface area contributed by atoms with E-state index in [1.807, 2.05) is 6.92 Å². The molecule has 0 aliphatic rings. The molecule has 3 heteroatoms. The average Bonchev–Trinajstić information content (AvgIpc) is 2.20. The first-order valence-corrected chi connectivity index (χ1v) is 4.53. The monoisotopic (exact) mass is 193 g/mol. The molecule has 0 amide bonds. The lowest BCUT2D eigenvalue weighted by Gasteiger charge is -2.10. The van der Waals surface area contributed by atoms with Gasteiger partial charge in [0.15, 0.2) is 11.5 Å². The van der Waals surface area contributed by atoms with Crippen LogP contribution in [0.15, 0.2) is 30.9 Å². The lowest BCUT2D eigenvalue weighted by Crippen LogP contribution is -2.06. The number of phenolic OH excluding ortho intramolecular Hbond substituents is 1. The van der Waals surface area contributed by atoms with Crippen LogP contribution in [-0.4, -0.2) is 11.7 Å². The zero-order valence-electron chi connectivity index (χ0n) is 8.23. The Bertz CT molecular complexity index is 323. The summed E-state index contributed by atoms with van der Waals surface area (Å²) in [4.78, 5) is 0. The standard InChI is InChI=1S/C11H15NO2/c1-3-9(12)8-5-6-10(13)11(7-8)14-4-2/h3,5-7,9,13H,1,4,12H2,2H3/t9-/m0/s1. The molecule has 1 rings (SSSR count). The molecule has 0 fully saturated rings. The molecule has 0 aromatic heterocycles. The molecule has 0 radical (unpaired) electrons. The van der Waals surface area contributed by atoms with Gasteiger partial charge in [-0.3, -0.25) is 0 Å². The van der Waals surface area contributed by atoms with Crippen LogP contribution >= 0.6 is 0 Å². The van der Waals surface area contributed by atoms with Gasteiger partial charge in [0, 0.05) is 6.04 Å². The topological polar surface area (TPSA) is 55.5 Å². The van der Waals surface area contributed by atoms with E-state index in [0.29, 0.717) is 12.4 Å². The molecule has 1 aromatic carbocycles. The van der Waals surface area contributed by atoms with Crippen LogP contribution in [0.3, 0.4) is 0 Å². The predicted octanol–water partition coefficient (Wildman–Crippen LogP) is 1.98. The highest BCUT2D eigenvalue weighted by Gasteiger charge is 2.06. The van der Waals surface area contributed by atoms with Crippen molar-refractivity contribution in [3.05, 3.63) is 36.4 Å². The Kier molecular flexibility index (Phi) is 3.54. The predicted molar refractivity (Wildman–Crippen MR) is 56.4 cm³/mol. The normalized spacial score (nSPS) is 12.1. The summed E-state index contributed by atoms with van der Waals surface area (Å²) < 4.78 is 5.23. The molecule has 0 saturated heterocycles. The number of aromatic hydroxyl groups is 1. The van der Waals surface area contributed by atoms with Crippen LogP contribution < -0.4 is 10.5 Å². The summed E-state index contributed by atoms with van der Waals surface area (Å²) >= 11 is 0. The number of nitrogens with two attached hydrogens (primary N) is 1. The number of benzene rings is 1. The van der Waals surface area contributed by atoms with E-state index in [2.05, 4.69) is 6.58 Å². The van der Waals surface area contributed by atoms with Gasteiger partial charge < -0.3 is 15.6 Å². The summed E-state index contributed by atoms with van der Waals surface area (Å²) in [5.41, 5.74) is 6.63. The smallest absolute Gasteiger partial charge is 0.161 e. The second-order valence-electron chi connectivity index (χ2n) is 2.92. The van der Waals surface area contributed by atoms with Crippen LogP contribution in [-0.2, 0) is 0 Å². The van der Waals surface area contributed by atoms with Crippen LogP contribution in [0.1, 0.15) is 18.5 Å². The molecule has 0 aliphatic carbocycles. The van der Waals surface area contributed by atoms with Crippen LogP contribution in [0, 0.1) is 0 Å². The molecule has 0 bridgehead atoms. The molecular formula is C11H15NO2. The van der Waals surface area contributed by atoms with Crippen LogP contribution in [0.5, 0.6) is 11.5 Å². The largest absolute Gasteiger partial charge is 0.504 e. The summed E-state index contributed by atoms with van der Waals surface area (Å²) in [5.74, 6) is 0.592. The molecular weight excluding hydrogens is 178 g/mol. The SMILES string of the molecule is C=C[C@H](N)c1ccc(O)c(OCC)c1. The minimum atomic E-state index is -0.227. The highest BCUT2D eigenvalue weighted by atomic mass is 16.5. The van der Waals surface area contributed by atoms with E-state index in [1.54, 1.807) is 24.3 Å². The Morgan fingerprint density at radius 2 is 2.36 bits per heavy atom. The van der Waals surface area contributed by atoms with Gasteiger partial charge in [-0.1, -0.05) is 12.1 Å². The van der Waals surface area contributed by atoms with Crippen molar-refractivity contribution in [1.82, 2.24) is 0 Å². The Balaban J connectivity index is 2.99. The minimum absolute atomic E-state index is 0.131. The van der Waals surface area contributed by atoms with E-state index in [0.717, 1.165) is 5.56 Å². The lowest BCUT2D eigenvalue weighted by molar-refractivity contribution is 0.317. The van der Waals surface area contributed by atoms with Crippen molar-refractivity contribution in [2.24, 2.45) is 5.73 Å². The molecule has 0 saturated carbocycles. The van der Waals surface area contributed by atoms with Crippen LogP contribution in [0.25, 0.3) is 0 Å². The number of ether oxygens (including phenoxy) is 1. The molecule has 0 heterocycles. The van der Waals surface area contributed by atoms with E-state index in [9.17, 15) is 5.11 Å². The van der Waals surface area contributed by atoms with Crippen LogP contribution in [0.4, 0.5) is 0 Å². The van der Waals surface area contributed by atoms with E-state index in [-0.39, 0.29) is 11.8 Å². The van der Waals surface area contributed by atoms with Gasteiger partial charge in [-0.05, 0) is 24.6 Å². The fourth-order valence-corrected chi connectivity index (χ4v) is 1.15. The molecule has 0 spiro atoms. The quantitative estimate of drug-likeness (QED) is 0.719. The fourth-order valence-electron chi connectivity index (χ4n) is 1.15. The lowest BCUT2D eigenvalue weighted by atomic mass is 10.1. The van der Waals surface area contributed by atoms with Crippen molar-refractivity contribution in [1.29, 1.82) is 0 Å². The van der Waals surface area contributed by atoms with Crippen molar-refractivity contribution < 1.29 is 9.84 Å². The van der Waals surface area contributed by atoms with Crippen LogP contribution in [0.2, 0.25) is 0 Å². The van der Waals surface area contributed by atoms with E-state index in [4.69, 9.17) is 10.5 Å². The molecule has 3 N–H and O–H groups in total. The second-order valence-corrected chi connectivity index (χ2v) is 2.92. The third-order valence-electron chi connectivity index (χ3n) is 1.92. The summed E-state index contributed by atoms with van der Waals surface area (Å²) in [6.07, 6.45) is 1.64. The Labute approximate surface area is 83.8 Å². The van der Waals surface area contributed by atoms with E-state index >= 15 is 0 Å². The molecule has 1 aromatic rings. The zero-order valence-corrected chi connectivity index (χ0v) is 8.23. The first-order chi connectivity index (χ1) is 6.69. The van der Waals surface area contributed by atoms with Crippen molar-refractivity contribution in [2.45, 2.75) is 13.0 Å². The Morgan fingerprint density at radius 3 is 2.93 bits per heavy atom. The minimum Gasteiger partial charge on any atom is -0.504 e. The summed E-state index contributed by atoms with van der Waals surface area (Å²) in [6.45, 7) is 5.98. The average molecular weight is 193 g/mol. The van der Waals surface area contributed by atoms with Gasteiger partial charge in [0.1, 0.15) is 0 Å². The molecule has 0 unspecified atom stereocenters. The van der Waals surface area contributed by atoms with Gasteiger partial charge >= 0.3 is 0 Å². The summed E-state index contributed by atoms with van der Waals surface area (Å²) in [7, 11) is 0. The van der Waals surface area contributed by atoms with Crippen molar-refractivity contribution in [3.63, 3.8) is 0 Å². The number of hydrogen-bond acceptors (Lipinski definition) is 3. The van der Waals surface area contributed by atoms with E-state index in [1.165, 1.54) is 0 Å². The molecule has 1 atom stereocenters. The van der Waals surface area contributed by atoms with Crippen molar-refractivity contribution in [3.8, 4) is 11.5 Å². The second kappa shape index (κ2) is 4.67. The summed E-state index contributed by atoms with van der Waals surface area (Å²) in [5, 5.41) is 9.43. The first kappa shape index (κ1) is 10.6. The maximum atomic E-state index is 9.43. The number of hydrogen-bond donors (Lipinski definition) is 2.